The van der Waals surface area contributed by atoms with Gasteiger partial charge in [0.2, 0.25) is 5.78 Å². The molecule has 0 heterocycles. The van der Waals surface area contributed by atoms with Crippen LogP contribution in [0, 0.1) is 10.1 Å². The van der Waals surface area contributed by atoms with Gasteiger partial charge in [0.15, 0.2) is 0 Å². The van der Waals surface area contributed by atoms with Crippen LogP contribution in [0.2, 0.25) is 0 Å². The number of ketones is 1. The zero-order valence-corrected chi connectivity index (χ0v) is 10.1. The molecule has 0 radical (unpaired) electrons. The Hall–Kier alpha value is -2.48. The molecule has 1 unspecified atom stereocenters. The van der Waals surface area contributed by atoms with E-state index in [1.807, 2.05) is 0 Å². The first-order valence-corrected chi connectivity index (χ1v) is 5.20. The maximum Gasteiger partial charge on any atom is 0.414 e. The van der Waals surface area contributed by atoms with Gasteiger partial charge in [-0.3, -0.25) is 14.9 Å². The van der Waals surface area contributed by atoms with Crippen molar-refractivity contribution in [1.82, 2.24) is 0 Å². The van der Waals surface area contributed by atoms with E-state index in [9.17, 15) is 19.7 Å². The van der Waals surface area contributed by atoms with Crippen molar-refractivity contribution in [3.63, 3.8) is 0 Å². The number of rotatable bonds is 6. The van der Waals surface area contributed by atoms with Crippen LogP contribution >= 0.6 is 0 Å². The Morgan fingerprint density at radius 3 is 2.74 bits per heavy atom. The molecule has 8 heteroatoms. The van der Waals surface area contributed by atoms with E-state index in [1.54, 1.807) is 6.07 Å². The van der Waals surface area contributed by atoms with Gasteiger partial charge in [0.25, 0.3) is 0 Å². The number of nitrogens with two attached hydrogens (primary N) is 1. The van der Waals surface area contributed by atoms with Gasteiger partial charge in [-0.25, -0.2) is 10.5 Å². The lowest BCUT2D eigenvalue weighted by Gasteiger charge is -2.08. The van der Waals surface area contributed by atoms with Crippen LogP contribution in [-0.2, 0) is 20.7 Å². The Bertz CT molecular complexity index is 502. The standard InChI is InChI=1S/C11H12N2O6/c1-18-10(15)9(14)6-7-3-2-4-8(5-7)19-11(12)13(16)17/h2-5,11H,6,12H2,1H3. The topological polar surface area (TPSA) is 122 Å². The minimum absolute atomic E-state index is 0.138. The highest BCUT2D eigenvalue weighted by Crippen LogP contribution is 2.15. The van der Waals surface area contributed by atoms with E-state index >= 15 is 0 Å². The van der Waals surface area contributed by atoms with Crippen molar-refractivity contribution in [3.05, 3.63) is 39.9 Å². The molecular formula is C11H12N2O6. The summed E-state index contributed by atoms with van der Waals surface area (Å²) in [7, 11) is 1.11. The molecule has 0 aliphatic rings. The van der Waals surface area contributed by atoms with Crippen LogP contribution in [0.5, 0.6) is 5.75 Å². The molecule has 19 heavy (non-hydrogen) atoms. The zero-order chi connectivity index (χ0) is 14.4. The summed E-state index contributed by atoms with van der Waals surface area (Å²) in [5, 5.41) is 10.3. The average Bonchev–Trinajstić information content (AvgIpc) is 2.37. The maximum atomic E-state index is 11.3. The van der Waals surface area contributed by atoms with Gasteiger partial charge >= 0.3 is 12.3 Å². The van der Waals surface area contributed by atoms with Crippen molar-refractivity contribution in [3.8, 4) is 5.75 Å². The quantitative estimate of drug-likeness (QED) is 0.250. The molecule has 8 nitrogen and oxygen atoms in total. The van der Waals surface area contributed by atoms with E-state index in [0.717, 1.165) is 7.11 Å². The van der Waals surface area contributed by atoms with Crippen LogP contribution in [0.15, 0.2) is 24.3 Å². The summed E-state index contributed by atoms with van der Waals surface area (Å²) < 4.78 is 9.12. The largest absolute Gasteiger partial charge is 0.463 e. The number of esters is 1. The van der Waals surface area contributed by atoms with Gasteiger partial charge in [0.1, 0.15) is 5.75 Å². The molecule has 0 fully saturated rings. The van der Waals surface area contributed by atoms with Gasteiger partial charge < -0.3 is 9.47 Å². The molecule has 0 saturated heterocycles. The van der Waals surface area contributed by atoms with Crippen LogP contribution in [0.3, 0.4) is 0 Å². The summed E-state index contributed by atoms with van der Waals surface area (Å²) in [5.41, 5.74) is 5.57. The molecule has 0 amide bonds. The minimum atomic E-state index is -1.69. The second kappa shape index (κ2) is 6.45. The molecule has 1 aromatic carbocycles. The Morgan fingerprint density at radius 2 is 2.16 bits per heavy atom. The average molecular weight is 268 g/mol. The summed E-state index contributed by atoms with van der Waals surface area (Å²) in [6, 6.07) is 5.95. The minimum Gasteiger partial charge on any atom is -0.463 e. The lowest BCUT2D eigenvalue weighted by molar-refractivity contribution is -0.561. The molecular weight excluding hydrogens is 256 g/mol. The number of carbonyl (C=O) groups is 2. The second-order valence-corrected chi connectivity index (χ2v) is 3.53. The third-order valence-corrected chi connectivity index (χ3v) is 2.14. The Balaban J connectivity index is 2.74. The normalized spacial score (nSPS) is 11.5. The molecule has 2 N–H and O–H groups in total. The molecule has 0 bridgehead atoms. The Kier molecular flexibility index (Phi) is 4.95. The van der Waals surface area contributed by atoms with Gasteiger partial charge in [-0.1, -0.05) is 12.1 Å². The number of Topliss-reactive ketones (excluding diaryl/α,β-unsaturated/α-hetero) is 1. The predicted molar refractivity (Wildman–Crippen MR) is 62.8 cm³/mol. The van der Waals surface area contributed by atoms with Gasteiger partial charge in [-0.2, -0.15) is 0 Å². The number of benzene rings is 1. The monoisotopic (exact) mass is 268 g/mol. The fourth-order valence-electron chi connectivity index (χ4n) is 1.28. The summed E-state index contributed by atoms with van der Waals surface area (Å²) >= 11 is 0. The van der Waals surface area contributed by atoms with Gasteiger partial charge in [0.05, 0.1) is 12.0 Å². The molecule has 0 spiro atoms. The Morgan fingerprint density at radius 1 is 1.47 bits per heavy atom. The van der Waals surface area contributed by atoms with Crippen LogP contribution < -0.4 is 10.5 Å². The highest BCUT2D eigenvalue weighted by Gasteiger charge is 2.17. The van der Waals surface area contributed by atoms with Crippen LogP contribution in [0.25, 0.3) is 0 Å². The number of hydrogen-bond donors (Lipinski definition) is 1. The third kappa shape index (κ3) is 4.36. The fourth-order valence-corrected chi connectivity index (χ4v) is 1.28. The maximum absolute atomic E-state index is 11.3. The van der Waals surface area contributed by atoms with Gasteiger partial charge in [-0.15, -0.1) is 0 Å². The first kappa shape index (κ1) is 14.6. The molecule has 0 saturated carbocycles. The van der Waals surface area contributed by atoms with E-state index in [4.69, 9.17) is 10.5 Å². The molecule has 1 atom stereocenters. The van der Waals surface area contributed by atoms with Crippen molar-refractivity contribution in [2.24, 2.45) is 5.73 Å². The van der Waals surface area contributed by atoms with Crippen molar-refractivity contribution in [1.29, 1.82) is 0 Å². The highest BCUT2D eigenvalue weighted by molar-refractivity contribution is 6.34. The molecule has 0 aliphatic heterocycles. The summed E-state index contributed by atoms with van der Waals surface area (Å²) in [5.74, 6) is -1.54. The number of ether oxygens (including phenoxy) is 2. The molecule has 1 rings (SSSR count). The van der Waals surface area contributed by atoms with Gasteiger partial charge in [0, 0.05) is 6.42 Å². The number of nitro groups is 1. The van der Waals surface area contributed by atoms with E-state index in [2.05, 4.69) is 4.74 Å². The van der Waals surface area contributed by atoms with Crippen molar-refractivity contribution in [2.45, 2.75) is 12.8 Å². The van der Waals surface area contributed by atoms with E-state index < -0.39 is 23.0 Å². The first-order chi connectivity index (χ1) is 8.93. The second-order valence-electron chi connectivity index (χ2n) is 3.53. The highest BCUT2D eigenvalue weighted by atomic mass is 16.7. The third-order valence-electron chi connectivity index (χ3n) is 2.14. The molecule has 102 valence electrons. The van der Waals surface area contributed by atoms with Crippen LogP contribution in [0.4, 0.5) is 0 Å². The zero-order valence-electron chi connectivity index (χ0n) is 10.1. The number of carbonyl (C=O) groups excluding carboxylic acids is 2. The molecule has 0 aromatic heterocycles. The number of methoxy groups -OCH3 is 1. The summed E-state index contributed by atoms with van der Waals surface area (Å²) in [4.78, 5) is 31.8. The van der Waals surface area contributed by atoms with E-state index in [0.29, 0.717) is 5.56 Å². The molecule has 1 aromatic rings. The fraction of sp³-hybridized carbons (Fsp3) is 0.273. The van der Waals surface area contributed by atoms with E-state index in [1.165, 1.54) is 18.2 Å². The van der Waals surface area contributed by atoms with Crippen molar-refractivity contribution >= 4 is 11.8 Å². The van der Waals surface area contributed by atoms with Gasteiger partial charge in [-0.05, 0) is 17.7 Å². The van der Waals surface area contributed by atoms with Crippen molar-refractivity contribution < 1.29 is 24.0 Å². The summed E-state index contributed by atoms with van der Waals surface area (Å²) in [6.45, 7) is 0. The SMILES string of the molecule is COC(=O)C(=O)Cc1cccc(OC(N)[N+](=O)[O-])c1. The smallest absolute Gasteiger partial charge is 0.414 e. The van der Waals surface area contributed by atoms with Crippen LogP contribution in [0.1, 0.15) is 5.56 Å². The van der Waals surface area contributed by atoms with Crippen molar-refractivity contribution in [2.75, 3.05) is 7.11 Å². The number of hydrogen-bond acceptors (Lipinski definition) is 7. The lowest BCUT2D eigenvalue weighted by Crippen LogP contribution is -2.35. The molecule has 0 aliphatic carbocycles. The Labute approximate surface area is 108 Å². The predicted octanol–water partition coefficient (Wildman–Crippen LogP) is -0.131. The van der Waals surface area contributed by atoms with Crippen LogP contribution in [-0.4, -0.2) is 30.1 Å². The lowest BCUT2D eigenvalue weighted by atomic mass is 10.1. The van der Waals surface area contributed by atoms with E-state index in [-0.39, 0.29) is 12.2 Å². The number of nitrogens with zero attached hydrogens (tertiary/aromatic N) is 1. The summed E-state index contributed by atoms with van der Waals surface area (Å²) in [6.07, 6.45) is -1.87. The first-order valence-electron chi connectivity index (χ1n) is 5.20.